The molecule has 0 fully saturated rings. The van der Waals surface area contributed by atoms with Crippen LogP contribution in [0.15, 0.2) is 36.4 Å². The zero-order valence-corrected chi connectivity index (χ0v) is 24.6. The normalized spacial score (nSPS) is 14.4. The number of aromatic nitrogens is 3. The minimum atomic E-state index is -0.807. The molecule has 2 N–H and O–H groups in total. The second-order valence-electron chi connectivity index (χ2n) is 12.9. The van der Waals surface area contributed by atoms with E-state index < -0.39 is 5.97 Å². The van der Waals surface area contributed by atoms with Gasteiger partial charge in [-0.3, -0.25) is 4.79 Å². The molecule has 0 saturated heterocycles. The van der Waals surface area contributed by atoms with Crippen LogP contribution in [0.4, 0.5) is 5.82 Å². The Labute approximate surface area is 233 Å². The largest absolute Gasteiger partial charge is 0.481 e. The van der Waals surface area contributed by atoms with Gasteiger partial charge in [0.25, 0.3) is 0 Å². The zero-order valence-electron chi connectivity index (χ0n) is 24.6. The first-order valence-electron chi connectivity index (χ1n) is 14.1. The number of rotatable bonds is 9. The molecule has 0 bridgehead atoms. The van der Waals surface area contributed by atoms with Crippen LogP contribution in [-0.2, 0) is 41.9 Å². The first-order valence-corrected chi connectivity index (χ1v) is 14.1. The van der Waals surface area contributed by atoms with Crippen LogP contribution in [0.25, 0.3) is 0 Å². The Hall–Kier alpha value is -3.35. The van der Waals surface area contributed by atoms with Crippen LogP contribution < -0.4 is 10.1 Å². The number of carboxylic acid groups (broad SMARTS) is 1. The maximum absolute atomic E-state index is 11.9. The number of benzene rings is 1. The van der Waals surface area contributed by atoms with Gasteiger partial charge in [0.1, 0.15) is 5.82 Å². The van der Waals surface area contributed by atoms with Crippen LogP contribution in [0.5, 0.6) is 5.88 Å². The summed E-state index contributed by atoms with van der Waals surface area (Å²) in [6.45, 7) is 14.6. The van der Waals surface area contributed by atoms with Gasteiger partial charge >= 0.3 is 5.97 Å². The second kappa shape index (κ2) is 11.4. The van der Waals surface area contributed by atoms with Gasteiger partial charge in [-0.2, -0.15) is 5.10 Å². The van der Waals surface area contributed by atoms with Crippen LogP contribution in [-0.4, -0.2) is 39.0 Å². The van der Waals surface area contributed by atoms with Crippen LogP contribution in [0.3, 0.4) is 0 Å². The third kappa shape index (κ3) is 7.40. The number of nitrogens with one attached hydrogen (secondary N) is 1. The highest BCUT2D eigenvalue weighted by molar-refractivity contribution is 5.68. The summed E-state index contributed by atoms with van der Waals surface area (Å²) in [4.78, 5) is 16.7. The first kappa shape index (κ1) is 28.7. The summed E-state index contributed by atoms with van der Waals surface area (Å²) in [7, 11) is 1.87. The molecule has 7 heteroatoms. The van der Waals surface area contributed by atoms with Gasteiger partial charge in [0.15, 0.2) is 0 Å². The molecule has 4 rings (SSSR count). The predicted octanol–water partition coefficient (Wildman–Crippen LogP) is 6.19. The van der Waals surface area contributed by atoms with Crippen LogP contribution in [0.2, 0.25) is 0 Å². The molecule has 0 radical (unpaired) electrons. The van der Waals surface area contributed by atoms with Crippen molar-refractivity contribution in [3.8, 4) is 5.88 Å². The van der Waals surface area contributed by atoms with Gasteiger partial charge in [-0.15, -0.1) is 0 Å². The molecule has 0 amide bonds. The zero-order chi connectivity index (χ0) is 28.4. The van der Waals surface area contributed by atoms with Gasteiger partial charge in [0, 0.05) is 31.8 Å². The molecule has 0 aliphatic carbocycles. The van der Waals surface area contributed by atoms with E-state index in [0.29, 0.717) is 25.3 Å². The Morgan fingerprint density at radius 2 is 1.74 bits per heavy atom. The van der Waals surface area contributed by atoms with E-state index in [9.17, 15) is 9.90 Å². The standard InChI is InChI=1S/C32H44N4O3/c1-31(2,3)24-15-22(16-25(19-24)32(4,5)6)23(18-29(37)38)17-27-20-28(36(7)35-27)39-14-12-26-11-10-21-9-8-13-33-30(21)34-26/h10-11,15-16,19-20,23H,8-9,12-14,17-18H2,1-7H3,(H,33,34)(H,37,38)/t23-/m0/s1. The molecule has 39 heavy (non-hydrogen) atoms. The van der Waals surface area contributed by atoms with E-state index >= 15 is 0 Å². The maximum atomic E-state index is 11.9. The van der Waals surface area contributed by atoms with Gasteiger partial charge in [-0.05, 0) is 64.3 Å². The molecule has 1 aliphatic heterocycles. The quantitative estimate of drug-likeness (QED) is 0.342. The molecule has 210 valence electrons. The van der Waals surface area contributed by atoms with E-state index in [1.807, 2.05) is 13.1 Å². The van der Waals surface area contributed by atoms with Crippen molar-refractivity contribution in [3.63, 3.8) is 0 Å². The molecule has 1 atom stereocenters. The summed E-state index contributed by atoms with van der Waals surface area (Å²) in [6, 6.07) is 12.8. The van der Waals surface area contributed by atoms with E-state index in [2.05, 4.69) is 82.3 Å². The number of aliphatic carboxylic acids is 1. The van der Waals surface area contributed by atoms with Crippen LogP contribution in [0, 0.1) is 0 Å². The van der Waals surface area contributed by atoms with E-state index in [1.54, 1.807) is 4.68 Å². The number of pyridine rings is 1. The third-order valence-electron chi connectivity index (χ3n) is 7.48. The van der Waals surface area contributed by atoms with Crippen LogP contribution >= 0.6 is 0 Å². The summed E-state index contributed by atoms with van der Waals surface area (Å²) in [6.07, 6.45) is 3.49. The lowest BCUT2D eigenvalue weighted by atomic mass is 9.77. The van der Waals surface area contributed by atoms with Crippen LogP contribution in [0.1, 0.15) is 93.9 Å². The summed E-state index contributed by atoms with van der Waals surface area (Å²) in [5.41, 5.74) is 6.51. The van der Waals surface area contributed by atoms with Crippen molar-refractivity contribution >= 4 is 11.8 Å². The highest BCUT2D eigenvalue weighted by atomic mass is 16.5. The molecular weight excluding hydrogens is 488 g/mol. The average molecular weight is 533 g/mol. The topological polar surface area (TPSA) is 89.3 Å². The lowest BCUT2D eigenvalue weighted by molar-refractivity contribution is -0.137. The summed E-state index contributed by atoms with van der Waals surface area (Å²) < 4.78 is 7.82. The van der Waals surface area contributed by atoms with E-state index in [4.69, 9.17) is 9.72 Å². The van der Waals surface area contributed by atoms with Gasteiger partial charge in [0.2, 0.25) is 5.88 Å². The first-order chi connectivity index (χ1) is 18.3. The molecule has 0 spiro atoms. The summed E-state index contributed by atoms with van der Waals surface area (Å²) in [5, 5.41) is 17.8. The molecule has 0 unspecified atom stereocenters. The molecule has 3 heterocycles. The third-order valence-corrected chi connectivity index (χ3v) is 7.48. The number of hydrogen-bond donors (Lipinski definition) is 2. The monoisotopic (exact) mass is 532 g/mol. The van der Waals surface area contributed by atoms with Gasteiger partial charge in [-0.1, -0.05) is 65.8 Å². The minimum absolute atomic E-state index is 0.0429. The van der Waals surface area contributed by atoms with Crippen molar-refractivity contribution in [1.29, 1.82) is 0 Å². The number of hydrogen-bond acceptors (Lipinski definition) is 5. The minimum Gasteiger partial charge on any atom is -0.481 e. The molecule has 1 aliphatic rings. The number of ether oxygens (including phenoxy) is 1. The fourth-order valence-corrected chi connectivity index (χ4v) is 5.03. The number of anilines is 1. The van der Waals surface area contributed by atoms with E-state index in [1.165, 1.54) is 16.7 Å². The molecular formula is C32H44N4O3. The van der Waals surface area contributed by atoms with Gasteiger partial charge in [-0.25, -0.2) is 9.67 Å². The molecule has 7 nitrogen and oxygen atoms in total. The average Bonchev–Trinajstić information content (AvgIpc) is 3.20. The number of carboxylic acids is 1. The highest BCUT2D eigenvalue weighted by Gasteiger charge is 2.25. The van der Waals surface area contributed by atoms with E-state index in [-0.39, 0.29) is 23.2 Å². The lowest BCUT2D eigenvalue weighted by Gasteiger charge is -2.28. The number of fused-ring (bicyclic) bond motifs is 1. The second-order valence-corrected chi connectivity index (χ2v) is 12.9. The summed E-state index contributed by atoms with van der Waals surface area (Å²) in [5.74, 6) is 0.670. The van der Waals surface area contributed by atoms with Crippen molar-refractivity contribution in [2.75, 3.05) is 18.5 Å². The Morgan fingerprint density at radius 1 is 1.05 bits per heavy atom. The Bertz CT molecular complexity index is 1280. The Balaban J connectivity index is 1.50. The smallest absolute Gasteiger partial charge is 0.303 e. The number of carbonyl (C=O) groups is 1. The van der Waals surface area contributed by atoms with Crippen molar-refractivity contribution in [1.82, 2.24) is 14.8 Å². The van der Waals surface area contributed by atoms with Gasteiger partial charge < -0.3 is 15.2 Å². The highest BCUT2D eigenvalue weighted by Crippen LogP contribution is 2.35. The fraction of sp³-hybridized carbons (Fsp3) is 0.531. The molecule has 0 saturated carbocycles. The lowest BCUT2D eigenvalue weighted by Crippen LogP contribution is -2.19. The SMILES string of the molecule is Cn1nc(C[C@@H](CC(=O)O)c2cc(C(C)(C)C)cc(C(C)(C)C)c2)cc1OCCc1ccc2c(n1)NCCC2. The molecule has 2 aromatic heterocycles. The predicted molar refractivity (Wildman–Crippen MR) is 156 cm³/mol. The summed E-state index contributed by atoms with van der Waals surface area (Å²) >= 11 is 0. The fourth-order valence-electron chi connectivity index (χ4n) is 5.03. The molecule has 1 aromatic carbocycles. The maximum Gasteiger partial charge on any atom is 0.303 e. The molecule has 3 aromatic rings. The number of nitrogens with zero attached hydrogens (tertiary/aromatic N) is 3. The Kier molecular flexibility index (Phi) is 8.38. The van der Waals surface area contributed by atoms with Crippen molar-refractivity contribution < 1.29 is 14.6 Å². The Morgan fingerprint density at radius 3 is 2.38 bits per heavy atom. The van der Waals surface area contributed by atoms with E-state index in [0.717, 1.165) is 42.2 Å². The van der Waals surface area contributed by atoms with Gasteiger partial charge in [0.05, 0.1) is 18.7 Å². The van der Waals surface area contributed by atoms with Crippen molar-refractivity contribution in [3.05, 3.63) is 70.0 Å². The van der Waals surface area contributed by atoms with Crippen molar-refractivity contribution in [2.24, 2.45) is 7.05 Å². The number of aryl methyl sites for hydroxylation is 2. The van der Waals surface area contributed by atoms with Crippen molar-refractivity contribution in [2.45, 2.75) is 90.4 Å².